The van der Waals surface area contributed by atoms with Crippen molar-refractivity contribution in [2.45, 2.75) is 25.8 Å². The van der Waals surface area contributed by atoms with Crippen molar-refractivity contribution in [1.29, 1.82) is 0 Å². The monoisotopic (exact) mass is 407 g/mol. The first-order valence-electron chi connectivity index (χ1n) is 10.7. The van der Waals surface area contributed by atoms with E-state index in [1.807, 2.05) is 35.2 Å². The number of carbonyl (C=O) groups excluding carboxylic acids is 1. The number of benzene rings is 1. The third-order valence-electron chi connectivity index (χ3n) is 6.26. The van der Waals surface area contributed by atoms with Crippen molar-refractivity contribution in [2.24, 2.45) is 5.92 Å². The quantitative estimate of drug-likeness (QED) is 0.709. The lowest BCUT2D eigenvalue weighted by Gasteiger charge is -2.39. The van der Waals surface area contributed by atoms with Crippen molar-refractivity contribution in [3.05, 3.63) is 36.2 Å². The van der Waals surface area contributed by atoms with E-state index in [0.717, 1.165) is 57.7 Å². The van der Waals surface area contributed by atoms with Crippen LogP contribution in [-0.4, -0.2) is 76.6 Å². The number of piperidine rings is 1. The summed E-state index contributed by atoms with van der Waals surface area (Å²) in [5.41, 5.74) is 0.948. The van der Waals surface area contributed by atoms with E-state index < -0.39 is 0 Å². The van der Waals surface area contributed by atoms with Crippen LogP contribution < -0.4 is 0 Å². The van der Waals surface area contributed by atoms with Crippen LogP contribution in [0.1, 0.15) is 31.7 Å². The van der Waals surface area contributed by atoms with Crippen molar-refractivity contribution >= 4 is 5.91 Å². The summed E-state index contributed by atoms with van der Waals surface area (Å²) in [7, 11) is 0. The molecule has 0 radical (unpaired) electrons. The maximum atomic E-state index is 12.9. The highest BCUT2D eigenvalue weighted by atomic mass is 16.5. The Morgan fingerprint density at radius 3 is 2.53 bits per heavy atom. The fraction of sp³-hybridized carbons (Fsp3) is 0.522. The van der Waals surface area contributed by atoms with Crippen LogP contribution in [-0.2, 0) is 4.79 Å². The van der Waals surface area contributed by atoms with Gasteiger partial charge in [-0.15, -0.1) is 6.42 Å². The Balaban J connectivity index is 1.29. The summed E-state index contributed by atoms with van der Waals surface area (Å²) in [6, 6.07) is 9.86. The van der Waals surface area contributed by atoms with Gasteiger partial charge in [0.15, 0.2) is 0 Å². The van der Waals surface area contributed by atoms with Crippen molar-refractivity contribution in [1.82, 2.24) is 24.8 Å². The number of piperazine rings is 1. The SMILES string of the molecule is C#CCN1CCC(C(=O)N2CCN(C(C)c3nc(-c4ccccc4)no3)CC2)CC1. The Bertz CT molecular complexity index is 874. The van der Waals surface area contributed by atoms with E-state index in [2.05, 4.69) is 32.8 Å². The predicted octanol–water partition coefficient (Wildman–Crippen LogP) is 2.29. The highest BCUT2D eigenvalue weighted by Gasteiger charge is 2.32. The lowest BCUT2D eigenvalue weighted by Crippen LogP contribution is -2.52. The average Bonchev–Trinajstić information content (AvgIpc) is 3.30. The summed E-state index contributed by atoms with van der Waals surface area (Å²) >= 11 is 0. The second-order valence-electron chi connectivity index (χ2n) is 8.11. The second kappa shape index (κ2) is 9.41. The van der Waals surface area contributed by atoms with Crippen molar-refractivity contribution in [2.75, 3.05) is 45.8 Å². The fourth-order valence-electron chi connectivity index (χ4n) is 4.32. The highest BCUT2D eigenvalue weighted by Crippen LogP contribution is 2.25. The molecule has 158 valence electrons. The third-order valence-corrected chi connectivity index (χ3v) is 6.26. The molecule has 2 aromatic rings. The van der Waals surface area contributed by atoms with Gasteiger partial charge in [-0.1, -0.05) is 41.4 Å². The largest absolute Gasteiger partial charge is 0.340 e. The Labute approximate surface area is 178 Å². The molecule has 1 amide bonds. The van der Waals surface area contributed by atoms with E-state index in [4.69, 9.17) is 10.9 Å². The molecule has 1 aromatic carbocycles. The zero-order valence-electron chi connectivity index (χ0n) is 17.5. The zero-order valence-corrected chi connectivity index (χ0v) is 17.5. The smallest absolute Gasteiger partial charge is 0.244 e. The van der Waals surface area contributed by atoms with Crippen LogP contribution in [0.15, 0.2) is 34.9 Å². The van der Waals surface area contributed by atoms with Crippen molar-refractivity contribution < 1.29 is 9.32 Å². The van der Waals surface area contributed by atoms with E-state index in [1.54, 1.807) is 0 Å². The minimum absolute atomic E-state index is 0.0271. The van der Waals surface area contributed by atoms with Crippen LogP contribution in [0.4, 0.5) is 0 Å². The highest BCUT2D eigenvalue weighted by molar-refractivity contribution is 5.79. The third kappa shape index (κ3) is 4.55. The lowest BCUT2D eigenvalue weighted by atomic mass is 9.95. The van der Waals surface area contributed by atoms with Gasteiger partial charge in [-0.05, 0) is 32.9 Å². The van der Waals surface area contributed by atoms with E-state index in [0.29, 0.717) is 24.2 Å². The first-order chi connectivity index (χ1) is 14.7. The first kappa shape index (κ1) is 20.6. The number of terminal acetylenes is 1. The van der Waals surface area contributed by atoms with Crippen molar-refractivity contribution in [3.8, 4) is 23.7 Å². The number of hydrogen-bond donors (Lipinski definition) is 0. The van der Waals surface area contributed by atoms with Gasteiger partial charge in [-0.2, -0.15) is 4.98 Å². The summed E-state index contributed by atoms with van der Waals surface area (Å²) in [6.45, 7) is 7.70. The van der Waals surface area contributed by atoms with Gasteiger partial charge in [-0.25, -0.2) is 0 Å². The first-order valence-corrected chi connectivity index (χ1v) is 10.7. The molecule has 1 aromatic heterocycles. The Kier molecular flexibility index (Phi) is 6.46. The van der Waals surface area contributed by atoms with Crippen LogP contribution in [0.5, 0.6) is 0 Å². The molecule has 1 atom stereocenters. The van der Waals surface area contributed by atoms with E-state index >= 15 is 0 Å². The van der Waals surface area contributed by atoms with E-state index in [-0.39, 0.29) is 12.0 Å². The lowest BCUT2D eigenvalue weighted by molar-refractivity contribution is -0.139. The molecular weight excluding hydrogens is 378 g/mol. The Hall–Kier alpha value is -2.69. The number of nitrogens with zero attached hydrogens (tertiary/aromatic N) is 5. The van der Waals surface area contributed by atoms with E-state index in [1.165, 1.54) is 0 Å². The van der Waals surface area contributed by atoms with Crippen LogP contribution in [0.25, 0.3) is 11.4 Å². The number of hydrogen-bond acceptors (Lipinski definition) is 6. The van der Waals surface area contributed by atoms with Gasteiger partial charge in [0.2, 0.25) is 17.6 Å². The molecule has 1 unspecified atom stereocenters. The maximum absolute atomic E-state index is 12.9. The molecule has 7 nitrogen and oxygen atoms in total. The van der Waals surface area contributed by atoms with Crippen LogP contribution >= 0.6 is 0 Å². The van der Waals surface area contributed by atoms with Gasteiger partial charge in [0.05, 0.1) is 12.6 Å². The molecule has 0 aliphatic carbocycles. The summed E-state index contributed by atoms with van der Waals surface area (Å²) in [4.78, 5) is 24.1. The fourth-order valence-corrected chi connectivity index (χ4v) is 4.32. The molecule has 2 saturated heterocycles. The minimum atomic E-state index is 0.0271. The van der Waals surface area contributed by atoms with Crippen LogP contribution in [0.2, 0.25) is 0 Å². The molecule has 3 heterocycles. The van der Waals surface area contributed by atoms with Gasteiger partial charge in [0.25, 0.3) is 0 Å². The summed E-state index contributed by atoms with van der Waals surface area (Å²) < 4.78 is 5.53. The zero-order chi connectivity index (χ0) is 20.9. The summed E-state index contributed by atoms with van der Waals surface area (Å²) in [5, 5.41) is 4.13. The van der Waals surface area contributed by atoms with Gasteiger partial charge in [0.1, 0.15) is 0 Å². The van der Waals surface area contributed by atoms with Gasteiger partial charge in [-0.3, -0.25) is 14.6 Å². The Morgan fingerprint density at radius 2 is 1.87 bits per heavy atom. The minimum Gasteiger partial charge on any atom is -0.340 e. The number of carbonyl (C=O) groups is 1. The van der Waals surface area contributed by atoms with Crippen molar-refractivity contribution in [3.63, 3.8) is 0 Å². The second-order valence-corrected chi connectivity index (χ2v) is 8.11. The topological polar surface area (TPSA) is 65.7 Å². The number of amides is 1. The standard InChI is InChI=1S/C23H29N5O2/c1-3-11-26-12-9-20(10-13-26)23(29)28-16-14-27(15-17-28)18(2)22-24-21(25-30-22)19-7-5-4-6-8-19/h1,4-8,18,20H,9-17H2,2H3. The normalized spacial score (nSPS) is 20.1. The molecular formula is C23H29N5O2. The predicted molar refractivity (Wildman–Crippen MR) is 114 cm³/mol. The molecule has 7 heteroatoms. The summed E-state index contributed by atoms with van der Waals surface area (Å²) in [6.07, 6.45) is 7.20. The molecule has 0 bridgehead atoms. The van der Waals surface area contributed by atoms with Gasteiger partial charge in [0, 0.05) is 37.7 Å². The Morgan fingerprint density at radius 1 is 1.17 bits per heavy atom. The molecule has 0 N–H and O–H groups in total. The van der Waals surface area contributed by atoms with Gasteiger partial charge >= 0.3 is 0 Å². The molecule has 30 heavy (non-hydrogen) atoms. The average molecular weight is 408 g/mol. The molecule has 4 rings (SSSR count). The van der Waals surface area contributed by atoms with Crippen LogP contribution in [0, 0.1) is 18.3 Å². The number of rotatable bonds is 5. The van der Waals surface area contributed by atoms with Gasteiger partial charge < -0.3 is 9.42 Å². The molecule has 0 spiro atoms. The molecule has 2 aliphatic heterocycles. The summed E-state index contributed by atoms with van der Waals surface area (Å²) in [5.74, 6) is 4.36. The van der Waals surface area contributed by atoms with E-state index in [9.17, 15) is 4.79 Å². The molecule has 2 aliphatic rings. The van der Waals surface area contributed by atoms with Crippen LogP contribution in [0.3, 0.4) is 0 Å². The molecule has 0 saturated carbocycles. The molecule has 2 fully saturated rings. The maximum Gasteiger partial charge on any atom is 0.244 e. The number of aromatic nitrogens is 2. The number of likely N-dealkylation sites (tertiary alicyclic amines) is 1.